The molecule has 0 radical (unpaired) electrons. The first-order valence-corrected chi connectivity index (χ1v) is 7.13. The van der Waals surface area contributed by atoms with Crippen LogP contribution in [0.3, 0.4) is 0 Å². The first-order valence-electron chi connectivity index (χ1n) is 7.13. The third-order valence-electron chi connectivity index (χ3n) is 3.97. The van der Waals surface area contributed by atoms with Gasteiger partial charge in [-0.3, -0.25) is 4.79 Å². The van der Waals surface area contributed by atoms with Crippen LogP contribution >= 0.6 is 0 Å². The second-order valence-electron chi connectivity index (χ2n) is 5.40. The second-order valence-corrected chi connectivity index (χ2v) is 5.40. The number of nitrogens with zero attached hydrogens (tertiary/aromatic N) is 1. The van der Waals surface area contributed by atoms with Crippen molar-refractivity contribution in [3.63, 3.8) is 0 Å². The van der Waals surface area contributed by atoms with Crippen LogP contribution in [-0.4, -0.2) is 37.0 Å². The molecular formula is C15H22N4O2. The van der Waals surface area contributed by atoms with E-state index in [2.05, 4.69) is 17.6 Å². The van der Waals surface area contributed by atoms with Gasteiger partial charge in [0.15, 0.2) is 0 Å². The van der Waals surface area contributed by atoms with Crippen LogP contribution in [0.2, 0.25) is 0 Å². The van der Waals surface area contributed by atoms with Gasteiger partial charge in [-0.2, -0.15) is 0 Å². The smallest absolute Gasteiger partial charge is 0.321 e. The highest BCUT2D eigenvalue weighted by molar-refractivity contribution is 5.90. The van der Waals surface area contributed by atoms with Crippen LogP contribution < -0.4 is 16.4 Å². The minimum Gasteiger partial charge on any atom is -0.369 e. The predicted molar refractivity (Wildman–Crippen MR) is 81.8 cm³/mol. The summed E-state index contributed by atoms with van der Waals surface area (Å²) in [7, 11) is 1.91. The molecule has 2 unspecified atom stereocenters. The number of hydrogen-bond acceptors (Lipinski definition) is 3. The van der Waals surface area contributed by atoms with E-state index in [4.69, 9.17) is 5.73 Å². The lowest BCUT2D eigenvalue weighted by Crippen LogP contribution is -2.34. The van der Waals surface area contributed by atoms with Crippen LogP contribution in [0.5, 0.6) is 0 Å². The van der Waals surface area contributed by atoms with Crippen LogP contribution in [0.15, 0.2) is 24.3 Å². The minimum absolute atomic E-state index is 0.187. The maximum absolute atomic E-state index is 12.1. The standard InChI is InChI=1S/C15H22N4O2/c1-10(17-2)11-3-5-13(6-4-11)18-15(21)19-8-7-12(9-19)14(16)20/h3-6,10,12,17H,7-9H2,1-2H3,(H2,16,20)(H,18,21). The number of amides is 3. The van der Waals surface area contributed by atoms with E-state index in [0.717, 1.165) is 11.3 Å². The van der Waals surface area contributed by atoms with Gasteiger partial charge in [0.1, 0.15) is 0 Å². The number of carbonyl (C=O) groups is 2. The zero-order chi connectivity index (χ0) is 15.4. The maximum Gasteiger partial charge on any atom is 0.321 e. The number of nitrogens with one attached hydrogen (secondary N) is 2. The summed E-state index contributed by atoms with van der Waals surface area (Å²) in [5.74, 6) is -0.565. The topological polar surface area (TPSA) is 87.5 Å². The number of hydrogen-bond donors (Lipinski definition) is 3. The molecule has 0 aromatic heterocycles. The molecule has 4 N–H and O–H groups in total. The average molecular weight is 290 g/mol. The first kappa shape index (κ1) is 15.3. The number of benzene rings is 1. The van der Waals surface area contributed by atoms with Crippen molar-refractivity contribution >= 4 is 17.6 Å². The second kappa shape index (κ2) is 6.58. The lowest BCUT2D eigenvalue weighted by Gasteiger charge is -2.17. The molecule has 2 rings (SSSR count). The summed E-state index contributed by atoms with van der Waals surface area (Å²) in [5, 5.41) is 6.00. The number of carbonyl (C=O) groups excluding carboxylic acids is 2. The number of nitrogens with two attached hydrogens (primary N) is 1. The lowest BCUT2D eigenvalue weighted by molar-refractivity contribution is -0.121. The molecule has 1 aromatic carbocycles. The van der Waals surface area contributed by atoms with E-state index in [1.807, 2.05) is 31.3 Å². The Morgan fingerprint density at radius 3 is 2.52 bits per heavy atom. The molecule has 114 valence electrons. The third kappa shape index (κ3) is 3.72. The molecule has 0 saturated carbocycles. The molecule has 0 aliphatic carbocycles. The van der Waals surface area contributed by atoms with Crippen LogP contribution in [0.1, 0.15) is 24.9 Å². The lowest BCUT2D eigenvalue weighted by atomic mass is 10.1. The summed E-state index contributed by atoms with van der Waals surface area (Å²) in [5.41, 5.74) is 7.17. The highest BCUT2D eigenvalue weighted by Crippen LogP contribution is 2.19. The van der Waals surface area contributed by atoms with Crippen molar-refractivity contribution in [2.45, 2.75) is 19.4 Å². The van der Waals surface area contributed by atoms with Crippen molar-refractivity contribution in [1.82, 2.24) is 10.2 Å². The molecular weight excluding hydrogens is 268 g/mol. The van der Waals surface area contributed by atoms with Gasteiger partial charge in [0.25, 0.3) is 0 Å². The zero-order valence-electron chi connectivity index (χ0n) is 12.4. The molecule has 1 aliphatic heterocycles. The summed E-state index contributed by atoms with van der Waals surface area (Å²) in [4.78, 5) is 24.8. The highest BCUT2D eigenvalue weighted by Gasteiger charge is 2.29. The minimum atomic E-state index is -0.337. The fraction of sp³-hybridized carbons (Fsp3) is 0.467. The van der Waals surface area contributed by atoms with Crippen LogP contribution in [0.25, 0.3) is 0 Å². The van der Waals surface area contributed by atoms with Crippen molar-refractivity contribution < 1.29 is 9.59 Å². The van der Waals surface area contributed by atoms with E-state index >= 15 is 0 Å². The average Bonchev–Trinajstić information content (AvgIpc) is 2.97. The van der Waals surface area contributed by atoms with Crippen molar-refractivity contribution in [1.29, 1.82) is 0 Å². The van der Waals surface area contributed by atoms with Crippen molar-refractivity contribution in [2.24, 2.45) is 11.7 Å². The van der Waals surface area contributed by atoms with Crippen LogP contribution in [0, 0.1) is 5.92 Å². The van der Waals surface area contributed by atoms with E-state index in [-0.39, 0.29) is 23.9 Å². The normalized spacial score (nSPS) is 19.3. The van der Waals surface area contributed by atoms with Gasteiger partial charge in [0, 0.05) is 24.8 Å². The fourth-order valence-corrected chi connectivity index (χ4v) is 2.40. The molecule has 1 aromatic rings. The first-order chi connectivity index (χ1) is 10.0. The Morgan fingerprint density at radius 1 is 1.33 bits per heavy atom. The molecule has 6 heteroatoms. The molecule has 0 bridgehead atoms. The van der Waals surface area contributed by atoms with E-state index in [1.165, 1.54) is 0 Å². The summed E-state index contributed by atoms with van der Waals surface area (Å²) in [6.45, 7) is 3.03. The number of likely N-dealkylation sites (tertiary alicyclic amines) is 1. The van der Waals surface area contributed by atoms with Crippen molar-refractivity contribution in [3.8, 4) is 0 Å². The van der Waals surface area contributed by atoms with Crippen LogP contribution in [-0.2, 0) is 4.79 Å². The van der Waals surface area contributed by atoms with Crippen molar-refractivity contribution in [3.05, 3.63) is 29.8 Å². The molecule has 1 saturated heterocycles. The maximum atomic E-state index is 12.1. The number of anilines is 1. The van der Waals surface area contributed by atoms with Gasteiger partial charge in [-0.25, -0.2) is 4.79 Å². The summed E-state index contributed by atoms with van der Waals surface area (Å²) in [6, 6.07) is 7.79. The van der Waals surface area contributed by atoms with Gasteiger partial charge >= 0.3 is 6.03 Å². The molecule has 6 nitrogen and oxygen atoms in total. The summed E-state index contributed by atoms with van der Waals surface area (Å²) in [6.07, 6.45) is 0.640. The Kier molecular flexibility index (Phi) is 4.80. The monoisotopic (exact) mass is 290 g/mol. The largest absolute Gasteiger partial charge is 0.369 e. The molecule has 0 spiro atoms. The Morgan fingerprint density at radius 2 is 2.00 bits per heavy atom. The Balaban J connectivity index is 1.93. The number of primary amides is 1. The van der Waals surface area contributed by atoms with Gasteiger partial charge in [-0.05, 0) is 38.1 Å². The zero-order valence-corrected chi connectivity index (χ0v) is 12.4. The van der Waals surface area contributed by atoms with E-state index in [0.29, 0.717) is 19.5 Å². The quantitative estimate of drug-likeness (QED) is 0.781. The Labute approximate surface area is 124 Å². The van der Waals surface area contributed by atoms with E-state index < -0.39 is 0 Å². The SMILES string of the molecule is CNC(C)c1ccc(NC(=O)N2CCC(C(N)=O)C2)cc1. The molecule has 2 atom stereocenters. The van der Waals surface area contributed by atoms with Gasteiger partial charge in [-0.1, -0.05) is 12.1 Å². The summed E-state index contributed by atoms with van der Waals surface area (Å²) < 4.78 is 0. The van der Waals surface area contributed by atoms with Gasteiger partial charge in [-0.15, -0.1) is 0 Å². The number of urea groups is 1. The van der Waals surface area contributed by atoms with E-state index in [9.17, 15) is 9.59 Å². The summed E-state index contributed by atoms with van der Waals surface area (Å²) >= 11 is 0. The molecule has 1 fully saturated rings. The van der Waals surface area contributed by atoms with E-state index in [1.54, 1.807) is 4.90 Å². The van der Waals surface area contributed by atoms with Gasteiger partial charge < -0.3 is 21.3 Å². The molecule has 1 aliphatic rings. The fourth-order valence-electron chi connectivity index (χ4n) is 2.40. The molecule has 3 amide bonds. The van der Waals surface area contributed by atoms with Gasteiger partial charge in [0.05, 0.1) is 5.92 Å². The third-order valence-corrected chi connectivity index (χ3v) is 3.97. The Bertz CT molecular complexity index is 515. The highest BCUT2D eigenvalue weighted by atomic mass is 16.2. The van der Waals surface area contributed by atoms with Gasteiger partial charge in [0.2, 0.25) is 5.91 Å². The number of rotatable bonds is 4. The Hall–Kier alpha value is -2.08. The molecule has 21 heavy (non-hydrogen) atoms. The van der Waals surface area contributed by atoms with Crippen LogP contribution in [0.4, 0.5) is 10.5 Å². The molecule has 1 heterocycles. The van der Waals surface area contributed by atoms with Crippen molar-refractivity contribution in [2.75, 3.05) is 25.5 Å². The predicted octanol–water partition coefficient (Wildman–Crippen LogP) is 1.31.